The summed E-state index contributed by atoms with van der Waals surface area (Å²) < 4.78 is 13.4. The van der Waals surface area contributed by atoms with Crippen LogP contribution in [0.15, 0.2) is 300 Å². The molecule has 12 aromatic carbocycles. The highest BCUT2D eigenvalue weighted by molar-refractivity contribution is 5.98. The van der Waals surface area contributed by atoms with Gasteiger partial charge in [-0.05, 0) is 222 Å². The van der Waals surface area contributed by atoms with Gasteiger partial charge in [-0.2, -0.15) is 0 Å². The number of hydrogen-bond acceptors (Lipinski definition) is 8. The van der Waals surface area contributed by atoms with E-state index >= 15 is 0 Å². The van der Waals surface area contributed by atoms with Crippen LogP contribution in [0.2, 0.25) is 0 Å². The third kappa shape index (κ3) is 10.0. The molecule has 2 aromatic heterocycles. The van der Waals surface area contributed by atoms with E-state index in [1.807, 2.05) is 0 Å². The van der Waals surface area contributed by atoms with Gasteiger partial charge in [-0.25, -0.2) is 0 Å². The molecule has 0 atom stereocenters. The quantitative estimate of drug-likeness (QED) is 0.120. The molecule has 0 radical (unpaired) electrons. The van der Waals surface area contributed by atoms with E-state index in [1.54, 1.807) is 0 Å². The first kappa shape index (κ1) is 56.7. The summed E-state index contributed by atoms with van der Waals surface area (Å²) in [4.78, 5) is 4.61. The van der Waals surface area contributed by atoms with Crippen LogP contribution in [0.4, 0.5) is 34.1 Å². The van der Waals surface area contributed by atoms with Crippen LogP contribution in [0.3, 0.4) is 0 Å². The van der Waals surface area contributed by atoms with Crippen molar-refractivity contribution < 1.29 is 8.83 Å². The molecule has 1 spiro atoms. The first-order chi connectivity index (χ1) is 45.3. The number of benzene rings is 12. The van der Waals surface area contributed by atoms with Crippen LogP contribution in [0.25, 0.3) is 90.3 Å². The average molecular weight is 1200 g/mol. The van der Waals surface area contributed by atoms with Crippen molar-refractivity contribution in [1.82, 2.24) is 20.4 Å². The Kier molecular flexibility index (Phi) is 13.7. The lowest BCUT2D eigenvalue weighted by Crippen LogP contribution is -2.26. The zero-order chi connectivity index (χ0) is 63.0. The molecule has 8 heteroatoms. The summed E-state index contributed by atoms with van der Waals surface area (Å²) in [5.74, 6) is 1.81. The number of rotatable bonds is 12. The highest BCUT2D eigenvalue weighted by Gasteiger charge is 2.52. The van der Waals surface area contributed by atoms with E-state index in [1.165, 1.54) is 11.1 Å². The third-order valence-corrected chi connectivity index (χ3v) is 18.6. The molecule has 0 amide bonds. The van der Waals surface area contributed by atoms with E-state index in [0.29, 0.717) is 23.6 Å². The van der Waals surface area contributed by atoms with Crippen LogP contribution in [-0.4, -0.2) is 20.4 Å². The van der Waals surface area contributed by atoms with Crippen molar-refractivity contribution in [3.05, 3.63) is 325 Å². The van der Waals surface area contributed by atoms with Crippen LogP contribution in [0, 0.1) is 0 Å². The molecule has 0 bridgehead atoms. The Balaban J connectivity index is 0.885. The molecule has 448 valence electrons. The van der Waals surface area contributed by atoms with Gasteiger partial charge >= 0.3 is 0 Å². The van der Waals surface area contributed by atoms with E-state index in [4.69, 9.17) is 19.0 Å². The third-order valence-electron chi connectivity index (χ3n) is 18.6. The molecule has 0 unspecified atom stereocenters. The molecule has 16 rings (SSSR count). The van der Waals surface area contributed by atoms with E-state index in [-0.39, 0.29) is 10.8 Å². The molecule has 8 nitrogen and oxygen atoms in total. The lowest BCUT2D eigenvalue weighted by Gasteiger charge is -2.31. The summed E-state index contributed by atoms with van der Waals surface area (Å²) in [6.45, 7) is 13.3. The largest absolute Gasteiger partial charge is 0.416 e. The molecule has 14 aromatic rings. The Morgan fingerprint density at radius 1 is 0.247 bits per heavy atom. The fraction of sp³-hybridized carbons (Fsp3) is 0.106. The zero-order valence-electron chi connectivity index (χ0n) is 52.7. The molecule has 0 fully saturated rings. The van der Waals surface area contributed by atoms with E-state index < -0.39 is 5.41 Å². The van der Waals surface area contributed by atoms with Crippen molar-refractivity contribution >= 4 is 34.1 Å². The first-order valence-corrected chi connectivity index (χ1v) is 31.8. The maximum atomic E-state index is 6.71. The normalized spacial score (nSPS) is 12.7. The van der Waals surface area contributed by atoms with Crippen LogP contribution >= 0.6 is 0 Å². The van der Waals surface area contributed by atoms with Crippen molar-refractivity contribution in [1.29, 1.82) is 0 Å². The zero-order valence-corrected chi connectivity index (χ0v) is 52.7. The average Bonchev–Trinajstić information content (AvgIpc) is 1.51. The molecule has 0 aliphatic heterocycles. The minimum absolute atomic E-state index is 0.00123. The van der Waals surface area contributed by atoms with Gasteiger partial charge in [-0.15, -0.1) is 20.4 Å². The van der Waals surface area contributed by atoms with Crippen LogP contribution in [0.5, 0.6) is 0 Å². The molecular formula is C85H66N6O2. The van der Waals surface area contributed by atoms with E-state index in [2.05, 4.69) is 353 Å². The van der Waals surface area contributed by atoms with Gasteiger partial charge in [-0.1, -0.05) is 199 Å². The van der Waals surface area contributed by atoms with Crippen molar-refractivity contribution in [3.63, 3.8) is 0 Å². The number of aromatic nitrogens is 4. The van der Waals surface area contributed by atoms with Crippen LogP contribution < -0.4 is 9.80 Å². The number of hydrogen-bond donors (Lipinski definition) is 0. The van der Waals surface area contributed by atoms with Gasteiger partial charge in [0, 0.05) is 56.4 Å². The molecule has 2 heterocycles. The second kappa shape index (κ2) is 22.5. The second-order valence-electron chi connectivity index (χ2n) is 26.4. The molecule has 93 heavy (non-hydrogen) atoms. The van der Waals surface area contributed by atoms with Crippen molar-refractivity contribution in [2.75, 3.05) is 9.80 Å². The van der Waals surface area contributed by atoms with Crippen LogP contribution in [0.1, 0.15) is 74.9 Å². The summed E-state index contributed by atoms with van der Waals surface area (Å²) in [6, 6.07) is 105. The monoisotopic (exact) mass is 1200 g/mol. The summed E-state index contributed by atoms with van der Waals surface area (Å²) >= 11 is 0. The molecule has 0 saturated carbocycles. The summed E-state index contributed by atoms with van der Waals surface area (Å²) in [7, 11) is 0. The van der Waals surface area contributed by atoms with E-state index in [0.717, 1.165) is 123 Å². The Morgan fingerprint density at radius 3 is 0.774 bits per heavy atom. The predicted molar refractivity (Wildman–Crippen MR) is 378 cm³/mol. The summed E-state index contributed by atoms with van der Waals surface area (Å²) in [5.41, 5.74) is 24.8. The van der Waals surface area contributed by atoms with Crippen molar-refractivity contribution in [2.24, 2.45) is 0 Å². The fourth-order valence-corrected chi connectivity index (χ4v) is 13.8. The van der Waals surface area contributed by atoms with Gasteiger partial charge in [0.25, 0.3) is 0 Å². The molecule has 2 aliphatic carbocycles. The summed E-state index contributed by atoms with van der Waals surface area (Å²) in [5, 5.41) is 18.9. The van der Waals surface area contributed by atoms with Crippen LogP contribution in [-0.2, 0) is 16.2 Å². The first-order valence-electron chi connectivity index (χ1n) is 31.8. The predicted octanol–water partition coefficient (Wildman–Crippen LogP) is 22.3. The smallest absolute Gasteiger partial charge is 0.248 e. The lowest BCUT2D eigenvalue weighted by molar-refractivity contribution is 0.581. The SMILES string of the molecule is CC(C)(C)c1ccc(-c2nnc(-c3ccc4c(c3)C3(c5cc(-c6ccc(N(c7ccccc7)c7ccccc7)cc6)ccc5-4)c4cc(-c5ccc(N(c6ccccc6)c6ccccc6)cc5)ccc4-c4ccc(-c5nnc(-c6ccc(C(C)(C)C)cc6)o5)cc43)o2)cc1. The standard InChI is InChI=1S/C85H66N6O2/c1-83(2,3)63-39-27-57(28-40-63)79-86-88-81(92-79)61-37-49-73-71-47-35-59(55-31-43-69(44-32-55)90(65-19-11-7-12-20-65)66-21-13-8-14-22-66)51-75(71)85(77(73)53-61)76-52-60(56-33-45-70(46-34-56)91(67-23-15-9-16-24-67)68-25-17-10-18-26-68)36-48-72(76)74-50-38-62(54-78(74)85)82-89-87-80(93-82)58-29-41-64(42-30-58)84(4,5)6/h7-54H,1-6H3. The lowest BCUT2D eigenvalue weighted by atomic mass is 9.69. The maximum Gasteiger partial charge on any atom is 0.248 e. The Labute approximate surface area is 542 Å². The van der Waals surface area contributed by atoms with E-state index in [9.17, 15) is 0 Å². The highest BCUT2D eigenvalue weighted by Crippen LogP contribution is 2.64. The Bertz CT molecular complexity index is 4660. The number of fused-ring (bicyclic) bond motifs is 10. The number of nitrogens with zero attached hydrogens (tertiary/aromatic N) is 6. The maximum absolute atomic E-state index is 6.71. The minimum atomic E-state index is -0.890. The van der Waals surface area contributed by atoms with Gasteiger partial charge in [0.05, 0.1) is 5.41 Å². The topological polar surface area (TPSA) is 84.3 Å². The summed E-state index contributed by atoms with van der Waals surface area (Å²) in [6.07, 6.45) is 0. The fourth-order valence-electron chi connectivity index (χ4n) is 13.8. The van der Waals surface area contributed by atoms with Gasteiger partial charge < -0.3 is 18.6 Å². The second-order valence-corrected chi connectivity index (χ2v) is 26.4. The van der Waals surface area contributed by atoms with Gasteiger partial charge in [0.1, 0.15) is 0 Å². The molecule has 0 N–H and O–H groups in total. The number of anilines is 6. The Morgan fingerprint density at radius 2 is 0.484 bits per heavy atom. The van der Waals surface area contributed by atoms with Crippen molar-refractivity contribution in [3.8, 4) is 90.3 Å². The van der Waals surface area contributed by atoms with Crippen molar-refractivity contribution in [2.45, 2.75) is 57.8 Å². The molecular weight excluding hydrogens is 1140 g/mol. The van der Waals surface area contributed by atoms with Gasteiger partial charge in [0.15, 0.2) is 0 Å². The highest BCUT2D eigenvalue weighted by atomic mass is 16.4. The Hall–Kier alpha value is -11.5. The minimum Gasteiger partial charge on any atom is -0.416 e. The van der Waals surface area contributed by atoms with Gasteiger partial charge in [-0.3, -0.25) is 0 Å². The molecule has 2 aliphatic rings. The molecule has 0 saturated heterocycles. The number of para-hydroxylation sites is 4. The van der Waals surface area contributed by atoms with Gasteiger partial charge in [0.2, 0.25) is 23.6 Å².